The van der Waals surface area contributed by atoms with Crippen molar-refractivity contribution in [2.75, 3.05) is 18.8 Å². The van der Waals surface area contributed by atoms with Crippen LogP contribution in [-0.2, 0) is 10.8 Å². The Balaban J connectivity index is 2.48. The van der Waals surface area contributed by atoms with Gasteiger partial charge in [0.25, 0.3) is 0 Å². The van der Waals surface area contributed by atoms with Crippen molar-refractivity contribution < 1.29 is 4.21 Å². The van der Waals surface area contributed by atoms with Gasteiger partial charge in [0.1, 0.15) is 0 Å². The monoisotopic (exact) mass is 231 g/mol. The second-order valence-electron chi connectivity index (χ2n) is 2.86. The Bertz CT molecular complexity index is 299. The lowest BCUT2D eigenvalue weighted by Gasteiger charge is -2.02. The first kappa shape index (κ1) is 11.7. The van der Waals surface area contributed by atoms with Crippen LogP contribution in [0.1, 0.15) is 6.92 Å². The van der Waals surface area contributed by atoms with E-state index < -0.39 is 10.8 Å². The molecule has 0 fully saturated rings. The molecule has 0 spiro atoms. The highest BCUT2D eigenvalue weighted by molar-refractivity contribution is 7.85. The first-order valence-electron chi connectivity index (χ1n) is 4.58. The molecule has 0 radical (unpaired) electrons. The maximum atomic E-state index is 11.7. The Kier molecular flexibility index (Phi) is 5.15. The van der Waals surface area contributed by atoms with Crippen LogP contribution in [0.5, 0.6) is 0 Å². The van der Waals surface area contributed by atoms with E-state index in [2.05, 4.69) is 5.32 Å². The largest absolute Gasteiger partial charge is 0.316 e. The number of hydrogen-bond donors (Lipinski definition) is 1. The van der Waals surface area contributed by atoms with Crippen LogP contribution in [0, 0.1) is 0 Å². The van der Waals surface area contributed by atoms with Gasteiger partial charge in [0.15, 0.2) is 0 Å². The van der Waals surface area contributed by atoms with E-state index in [9.17, 15) is 4.21 Å². The smallest absolute Gasteiger partial charge is 0.0542 e. The van der Waals surface area contributed by atoms with E-state index in [1.165, 1.54) is 0 Å². The van der Waals surface area contributed by atoms with Crippen molar-refractivity contribution in [3.8, 4) is 0 Å². The van der Waals surface area contributed by atoms with E-state index >= 15 is 0 Å². The third kappa shape index (κ3) is 3.78. The number of hydrogen-bond acceptors (Lipinski definition) is 2. The van der Waals surface area contributed by atoms with E-state index in [1.54, 1.807) is 12.1 Å². The van der Waals surface area contributed by atoms with Gasteiger partial charge in [0.05, 0.1) is 10.8 Å². The normalized spacial score (nSPS) is 12.7. The van der Waals surface area contributed by atoms with Crippen LogP contribution in [0.4, 0.5) is 0 Å². The average molecular weight is 232 g/mol. The van der Waals surface area contributed by atoms with Gasteiger partial charge in [0, 0.05) is 22.2 Å². The van der Waals surface area contributed by atoms with Crippen molar-refractivity contribution >= 4 is 22.4 Å². The molecule has 0 aliphatic carbocycles. The van der Waals surface area contributed by atoms with Gasteiger partial charge >= 0.3 is 0 Å². The van der Waals surface area contributed by atoms with Gasteiger partial charge in [-0.05, 0) is 30.8 Å². The molecule has 0 aromatic heterocycles. The van der Waals surface area contributed by atoms with E-state index in [0.717, 1.165) is 18.0 Å². The predicted octanol–water partition coefficient (Wildman–Crippen LogP) is 2.06. The summed E-state index contributed by atoms with van der Waals surface area (Å²) in [7, 11) is -0.914. The van der Waals surface area contributed by atoms with Crippen molar-refractivity contribution in [2.24, 2.45) is 0 Å². The average Bonchev–Trinajstić information content (AvgIpc) is 2.19. The molecule has 78 valence electrons. The Hall–Kier alpha value is -0.380. The van der Waals surface area contributed by atoms with Crippen LogP contribution in [0.3, 0.4) is 0 Å². The van der Waals surface area contributed by atoms with E-state index in [1.807, 2.05) is 19.1 Å². The molecule has 1 aromatic rings. The van der Waals surface area contributed by atoms with Crippen molar-refractivity contribution in [2.45, 2.75) is 11.8 Å². The molecule has 0 saturated carbocycles. The molecule has 1 aromatic carbocycles. The molecule has 0 saturated heterocycles. The minimum absolute atomic E-state index is 0.648. The lowest BCUT2D eigenvalue weighted by molar-refractivity contribution is 0.677. The van der Waals surface area contributed by atoms with Gasteiger partial charge in [-0.25, -0.2) is 0 Å². The SMILES string of the molecule is CCNCCS(=O)c1ccc(Cl)cc1. The highest BCUT2D eigenvalue weighted by atomic mass is 35.5. The Morgan fingerprint density at radius 3 is 2.57 bits per heavy atom. The topological polar surface area (TPSA) is 29.1 Å². The zero-order chi connectivity index (χ0) is 10.4. The maximum absolute atomic E-state index is 11.7. The Labute approximate surface area is 92.1 Å². The molecule has 1 atom stereocenters. The van der Waals surface area contributed by atoms with Gasteiger partial charge in [0.2, 0.25) is 0 Å². The van der Waals surface area contributed by atoms with Gasteiger partial charge in [-0.2, -0.15) is 0 Å². The zero-order valence-electron chi connectivity index (χ0n) is 8.13. The molecule has 2 nitrogen and oxygen atoms in total. The quantitative estimate of drug-likeness (QED) is 0.786. The lowest BCUT2D eigenvalue weighted by atomic mass is 10.4. The molecular formula is C10H14ClNOS. The van der Waals surface area contributed by atoms with Crippen molar-refractivity contribution in [3.63, 3.8) is 0 Å². The molecular weight excluding hydrogens is 218 g/mol. The second kappa shape index (κ2) is 6.17. The van der Waals surface area contributed by atoms with Crippen LogP contribution < -0.4 is 5.32 Å². The zero-order valence-corrected chi connectivity index (χ0v) is 9.70. The number of rotatable bonds is 5. The van der Waals surface area contributed by atoms with Crippen LogP contribution >= 0.6 is 11.6 Å². The van der Waals surface area contributed by atoms with Gasteiger partial charge in [-0.3, -0.25) is 4.21 Å². The Morgan fingerprint density at radius 1 is 1.36 bits per heavy atom. The predicted molar refractivity (Wildman–Crippen MR) is 61.3 cm³/mol. The molecule has 1 N–H and O–H groups in total. The summed E-state index contributed by atoms with van der Waals surface area (Å²) in [6, 6.07) is 7.15. The standard InChI is InChI=1S/C10H14ClNOS/c1-2-12-7-8-14(13)10-5-3-9(11)4-6-10/h3-6,12H,2,7-8H2,1H3. The third-order valence-corrected chi connectivity index (χ3v) is 3.42. The highest BCUT2D eigenvalue weighted by Crippen LogP contribution is 2.12. The van der Waals surface area contributed by atoms with Gasteiger partial charge in [-0.1, -0.05) is 18.5 Å². The second-order valence-corrected chi connectivity index (χ2v) is 4.86. The fourth-order valence-electron chi connectivity index (χ4n) is 1.05. The molecule has 0 bridgehead atoms. The summed E-state index contributed by atoms with van der Waals surface area (Å²) >= 11 is 5.73. The molecule has 1 unspecified atom stereocenters. The molecule has 14 heavy (non-hydrogen) atoms. The first-order valence-corrected chi connectivity index (χ1v) is 6.28. The molecule has 0 aliphatic rings. The van der Waals surface area contributed by atoms with Crippen molar-refractivity contribution in [1.29, 1.82) is 0 Å². The van der Waals surface area contributed by atoms with Gasteiger partial charge in [-0.15, -0.1) is 0 Å². The van der Waals surface area contributed by atoms with Crippen LogP contribution in [0.2, 0.25) is 5.02 Å². The number of nitrogens with one attached hydrogen (secondary N) is 1. The minimum atomic E-state index is -0.914. The van der Waals surface area contributed by atoms with Crippen LogP contribution in [-0.4, -0.2) is 23.1 Å². The molecule has 1 rings (SSSR count). The summed E-state index contributed by atoms with van der Waals surface area (Å²) in [6.45, 7) is 3.73. The highest BCUT2D eigenvalue weighted by Gasteiger charge is 2.02. The number of benzene rings is 1. The van der Waals surface area contributed by atoms with Crippen LogP contribution in [0.25, 0.3) is 0 Å². The molecule has 0 heterocycles. The third-order valence-electron chi connectivity index (χ3n) is 1.79. The van der Waals surface area contributed by atoms with Crippen LogP contribution in [0.15, 0.2) is 29.2 Å². The summed E-state index contributed by atoms with van der Waals surface area (Å²) in [5, 5.41) is 3.82. The summed E-state index contributed by atoms with van der Waals surface area (Å²) in [5.74, 6) is 0.648. The van der Waals surface area contributed by atoms with E-state index in [4.69, 9.17) is 11.6 Å². The maximum Gasteiger partial charge on any atom is 0.0542 e. The molecule has 0 amide bonds. The minimum Gasteiger partial charge on any atom is -0.316 e. The van der Waals surface area contributed by atoms with Gasteiger partial charge < -0.3 is 5.32 Å². The fraction of sp³-hybridized carbons (Fsp3) is 0.400. The van der Waals surface area contributed by atoms with E-state index in [-0.39, 0.29) is 0 Å². The van der Waals surface area contributed by atoms with Crippen molar-refractivity contribution in [1.82, 2.24) is 5.32 Å². The van der Waals surface area contributed by atoms with Crippen molar-refractivity contribution in [3.05, 3.63) is 29.3 Å². The summed E-state index contributed by atoms with van der Waals surface area (Å²) in [5.41, 5.74) is 0. The summed E-state index contributed by atoms with van der Waals surface area (Å²) < 4.78 is 11.7. The summed E-state index contributed by atoms with van der Waals surface area (Å²) in [4.78, 5) is 0.840. The lowest BCUT2D eigenvalue weighted by Crippen LogP contribution is -2.19. The number of halogens is 1. The molecule has 4 heteroatoms. The van der Waals surface area contributed by atoms with E-state index in [0.29, 0.717) is 10.8 Å². The molecule has 0 aliphatic heterocycles. The summed E-state index contributed by atoms with van der Waals surface area (Å²) in [6.07, 6.45) is 0. The fourth-order valence-corrected chi connectivity index (χ4v) is 2.18. The Morgan fingerprint density at radius 2 is 2.00 bits per heavy atom. The first-order chi connectivity index (χ1) is 6.74.